The van der Waals surface area contributed by atoms with Crippen LogP contribution in [0.15, 0.2) is 46.9 Å². The van der Waals surface area contributed by atoms with Crippen molar-refractivity contribution < 1.29 is 9.59 Å². The summed E-state index contributed by atoms with van der Waals surface area (Å²) in [5.41, 5.74) is 2.16. The van der Waals surface area contributed by atoms with E-state index in [1.54, 1.807) is 18.2 Å². The Labute approximate surface area is 178 Å². The molecule has 0 aromatic heterocycles. The minimum Gasteiger partial charge on any atom is -0.366 e. The van der Waals surface area contributed by atoms with Gasteiger partial charge in [-0.15, -0.1) is 0 Å². The van der Waals surface area contributed by atoms with Crippen LogP contribution in [0.5, 0.6) is 0 Å². The van der Waals surface area contributed by atoms with E-state index < -0.39 is 0 Å². The molecule has 1 aliphatic heterocycles. The van der Waals surface area contributed by atoms with Gasteiger partial charge in [0.15, 0.2) is 0 Å². The van der Waals surface area contributed by atoms with Crippen molar-refractivity contribution in [3.8, 4) is 0 Å². The summed E-state index contributed by atoms with van der Waals surface area (Å²) >= 11 is 9.55. The number of halogens is 2. The third kappa shape index (κ3) is 5.06. The molecule has 2 aromatic carbocycles. The Hall–Kier alpha value is -2.05. The van der Waals surface area contributed by atoms with Crippen LogP contribution >= 0.6 is 27.5 Å². The highest BCUT2D eigenvalue weighted by Crippen LogP contribution is 2.30. The van der Waals surface area contributed by atoms with Gasteiger partial charge in [0.25, 0.3) is 5.91 Å². The molecule has 1 fully saturated rings. The lowest BCUT2D eigenvalue weighted by molar-refractivity contribution is -0.131. The zero-order valence-corrected chi connectivity index (χ0v) is 18.1. The van der Waals surface area contributed by atoms with Gasteiger partial charge in [0.1, 0.15) is 0 Å². The Kier molecular flexibility index (Phi) is 6.97. The quantitative estimate of drug-likeness (QED) is 0.691. The number of amides is 2. The molecule has 7 heteroatoms. The fraction of sp³-hybridized carbons (Fsp3) is 0.333. The first-order valence-electron chi connectivity index (χ1n) is 9.37. The molecule has 0 atom stereocenters. The van der Waals surface area contributed by atoms with Crippen LogP contribution in [-0.2, 0) is 4.79 Å². The summed E-state index contributed by atoms with van der Waals surface area (Å²) in [5.74, 6) is 0.0230. The number of benzene rings is 2. The maximum absolute atomic E-state index is 12.6. The van der Waals surface area contributed by atoms with Crippen LogP contribution in [0.1, 0.15) is 30.1 Å². The van der Waals surface area contributed by atoms with E-state index in [0.717, 1.165) is 29.7 Å². The fourth-order valence-corrected chi connectivity index (χ4v) is 3.69. The summed E-state index contributed by atoms with van der Waals surface area (Å²) in [5, 5.41) is 3.54. The van der Waals surface area contributed by atoms with Crippen molar-refractivity contribution in [3.05, 3.63) is 57.5 Å². The first kappa shape index (κ1) is 20.7. The van der Waals surface area contributed by atoms with E-state index in [9.17, 15) is 9.59 Å². The van der Waals surface area contributed by atoms with E-state index in [2.05, 4.69) is 26.1 Å². The fourth-order valence-electron chi connectivity index (χ4n) is 3.25. The number of nitrogens with zero attached hydrogens (tertiary/aromatic N) is 2. The SMILES string of the molecule is CCCC(=O)N1CCN(c2ccc(Cl)cc2NC(=O)c2ccc(Br)cc2)CC1. The Morgan fingerprint density at radius 2 is 1.75 bits per heavy atom. The molecule has 0 saturated carbocycles. The lowest BCUT2D eigenvalue weighted by Crippen LogP contribution is -2.48. The van der Waals surface area contributed by atoms with Gasteiger partial charge in [-0.05, 0) is 48.9 Å². The van der Waals surface area contributed by atoms with E-state index in [0.29, 0.717) is 35.8 Å². The van der Waals surface area contributed by atoms with Crippen LogP contribution in [0.2, 0.25) is 5.02 Å². The average molecular weight is 465 g/mol. The van der Waals surface area contributed by atoms with Crippen LogP contribution in [0.25, 0.3) is 0 Å². The third-order valence-corrected chi connectivity index (χ3v) is 5.51. The highest BCUT2D eigenvalue weighted by atomic mass is 79.9. The molecule has 3 rings (SSSR count). The second-order valence-electron chi connectivity index (χ2n) is 6.74. The molecule has 1 saturated heterocycles. The molecule has 0 spiro atoms. The van der Waals surface area contributed by atoms with Gasteiger partial charge < -0.3 is 15.1 Å². The van der Waals surface area contributed by atoms with Crippen LogP contribution in [0.3, 0.4) is 0 Å². The van der Waals surface area contributed by atoms with Gasteiger partial charge in [-0.3, -0.25) is 9.59 Å². The van der Waals surface area contributed by atoms with Crippen molar-refractivity contribution in [2.24, 2.45) is 0 Å². The Morgan fingerprint density at radius 3 is 2.39 bits per heavy atom. The van der Waals surface area contributed by atoms with Crippen LogP contribution in [0, 0.1) is 0 Å². The molecule has 0 unspecified atom stereocenters. The lowest BCUT2D eigenvalue weighted by Gasteiger charge is -2.37. The number of hydrogen-bond acceptors (Lipinski definition) is 3. The predicted molar refractivity (Wildman–Crippen MR) is 117 cm³/mol. The van der Waals surface area contributed by atoms with Crippen molar-refractivity contribution in [1.29, 1.82) is 0 Å². The number of nitrogens with one attached hydrogen (secondary N) is 1. The number of anilines is 2. The van der Waals surface area contributed by atoms with E-state index in [4.69, 9.17) is 11.6 Å². The van der Waals surface area contributed by atoms with E-state index in [-0.39, 0.29) is 11.8 Å². The maximum Gasteiger partial charge on any atom is 0.255 e. The summed E-state index contributed by atoms with van der Waals surface area (Å²) in [6.07, 6.45) is 1.46. The largest absolute Gasteiger partial charge is 0.366 e. The maximum atomic E-state index is 12.6. The zero-order chi connectivity index (χ0) is 20.1. The topological polar surface area (TPSA) is 52.7 Å². The van der Waals surface area contributed by atoms with Crippen LogP contribution < -0.4 is 10.2 Å². The smallest absolute Gasteiger partial charge is 0.255 e. The van der Waals surface area contributed by atoms with Crippen molar-refractivity contribution in [3.63, 3.8) is 0 Å². The van der Waals surface area contributed by atoms with Crippen molar-refractivity contribution in [1.82, 2.24) is 4.90 Å². The molecule has 2 amide bonds. The van der Waals surface area contributed by atoms with Crippen molar-refractivity contribution >= 4 is 50.7 Å². The third-order valence-electron chi connectivity index (χ3n) is 4.75. The second-order valence-corrected chi connectivity index (χ2v) is 8.09. The number of piperazine rings is 1. The second kappa shape index (κ2) is 9.43. The minimum atomic E-state index is -0.187. The summed E-state index contributed by atoms with van der Waals surface area (Å²) in [6, 6.07) is 12.7. The molecule has 1 aliphatic rings. The molecule has 0 aliphatic carbocycles. The summed E-state index contributed by atoms with van der Waals surface area (Å²) in [7, 11) is 0. The Balaban J connectivity index is 1.73. The van der Waals surface area contributed by atoms with Gasteiger partial charge >= 0.3 is 0 Å². The van der Waals surface area contributed by atoms with Gasteiger partial charge in [0, 0.05) is 47.7 Å². The number of carbonyl (C=O) groups is 2. The molecular weight excluding hydrogens is 442 g/mol. The van der Waals surface area contributed by atoms with Crippen LogP contribution in [-0.4, -0.2) is 42.9 Å². The Bertz CT molecular complexity index is 849. The molecule has 2 aromatic rings. The standard InChI is InChI=1S/C21H23BrClN3O2/c1-2-3-20(27)26-12-10-25(11-13-26)19-9-8-17(23)14-18(19)24-21(28)15-4-6-16(22)7-5-15/h4-9,14H,2-3,10-13H2,1H3,(H,24,28). The molecule has 28 heavy (non-hydrogen) atoms. The molecule has 5 nitrogen and oxygen atoms in total. The molecule has 1 heterocycles. The molecule has 0 bridgehead atoms. The van der Waals surface area contributed by atoms with Gasteiger partial charge in [0.2, 0.25) is 5.91 Å². The zero-order valence-electron chi connectivity index (χ0n) is 15.8. The van der Waals surface area contributed by atoms with Gasteiger partial charge in [0.05, 0.1) is 11.4 Å². The summed E-state index contributed by atoms with van der Waals surface area (Å²) in [4.78, 5) is 28.8. The first-order valence-corrected chi connectivity index (χ1v) is 10.5. The van der Waals surface area contributed by atoms with Gasteiger partial charge in [-0.25, -0.2) is 0 Å². The lowest BCUT2D eigenvalue weighted by atomic mass is 10.1. The van der Waals surface area contributed by atoms with E-state index in [1.165, 1.54) is 0 Å². The first-order chi connectivity index (χ1) is 13.5. The molecular formula is C21H23BrClN3O2. The summed E-state index contributed by atoms with van der Waals surface area (Å²) in [6.45, 7) is 4.82. The average Bonchev–Trinajstić information content (AvgIpc) is 2.69. The highest BCUT2D eigenvalue weighted by molar-refractivity contribution is 9.10. The van der Waals surface area contributed by atoms with Gasteiger partial charge in [-0.1, -0.05) is 34.5 Å². The number of hydrogen-bond donors (Lipinski definition) is 1. The molecule has 0 radical (unpaired) electrons. The van der Waals surface area contributed by atoms with Crippen molar-refractivity contribution in [2.75, 3.05) is 36.4 Å². The monoisotopic (exact) mass is 463 g/mol. The van der Waals surface area contributed by atoms with Crippen LogP contribution in [0.4, 0.5) is 11.4 Å². The summed E-state index contributed by atoms with van der Waals surface area (Å²) < 4.78 is 0.919. The Morgan fingerprint density at radius 1 is 1.07 bits per heavy atom. The van der Waals surface area contributed by atoms with E-state index >= 15 is 0 Å². The minimum absolute atomic E-state index is 0.187. The molecule has 1 N–H and O–H groups in total. The van der Waals surface area contributed by atoms with Crippen molar-refractivity contribution in [2.45, 2.75) is 19.8 Å². The number of carbonyl (C=O) groups excluding carboxylic acids is 2. The highest BCUT2D eigenvalue weighted by Gasteiger charge is 2.23. The predicted octanol–water partition coefficient (Wildman–Crippen LogP) is 4.80. The number of rotatable bonds is 5. The normalized spacial score (nSPS) is 14.1. The van der Waals surface area contributed by atoms with E-state index in [1.807, 2.05) is 36.1 Å². The van der Waals surface area contributed by atoms with Gasteiger partial charge in [-0.2, -0.15) is 0 Å². The molecule has 148 valence electrons.